The molecule has 0 saturated carbocycles. The smallest absolute Gasteiger partial charge is 0.269 e. The summed E-state index contributed by atoms with van der Waals surface area (Å²) in [5, 5.41) is 12.4. The van der Waals surface area contributed by atoms with E-state index in [1.807, 2.05) is 0 Å². The summed E-state index contributed by atoms with van der Waals surface area (Å²) >= 11 is 0. The van der Waals surface area contributed by atoms with Crippen molar-refractivity contribution in [3.8, 4) is 0 Å². The Morgan fingerprint density at radius 2 is 2.28 bits per heavy atom. The van der Waals surface area contributed by atoms with Gasteiger partial charge >= 0.3 is 0 Å². The van der Waals surface area contributed by atoms with E-state index in [4.69, 9.17) is 4.42 Å². The maximum absolute atomic E-state index is 11.6. The van der Waals surface area contributed by atoms with Crippen LogP contribution >= 0.6 is 0 Å². The van der Waals surface area contributed by atoms with E-state index in [9.17, 15) is 9.90 Å². The highest BCUT2D eigenvalue weighted by atomic mass is 16.4. The van der Waals surface area contributed by atoms with Crippen LogP contribution in [0.1, 0.15) is 28.8 Å². The Morgan fingerprint density at radius 3 is 2.94 bits per heavy atom. The highest BCUT2D eigenvalue weighted by molar-refractivity contribution is 5.92. The average molecular weight is 246 g/mol. The maximum atomic E-state index is 11.6. The van der Waals surface area contributed by atoms with Crippen molar-refractivity contribution in [3.05, 3.63) is 54.2 Å². The molecular weight excluding hydrogens is 232 g/mol. The van der Waals surface area contributed by atoms with Gasteiger partial charge < -0.3 is 14.8 Å². The largest absolute Gasteiger partial charge is 0.467 e. The summed E-state index contributed by atoms with van der Waals surface area (Å²) in [6.45, 7) is 0.358. The Kier molecular flexibility index (Phi) is 4.09. The van der Waals surface area contributed by atoms with Crippen molar-refractivity contribution < 1.29 is 14.3 Å². The third-order valence-electron chi connectivity index (χ3n) is 2.47. The minimum Gasteiger partial charge on any atom is -0.467 e. The third kappa shape index (κ3) is 3.18. The summed E-state index contributed by atoms with van der Waals surface area (Å²) in [5.74, 6) is 0.254. The zero-order valence-corrected chi connectivity index (χ0v) is 9.74. The predicted molar refractivity (Wildman–Crippen MR) is 64.9 cm³/mol. The minimum atomic E-state index is -0.705. The lowest BCUT2D eigenvalue weighted by Gasteiger charge is -2.08. The molecule has 0 aliphatic carbocycles. The van der Waals surface area contributed by atoms with Gasteiger partial charge in [-0.25, -0.2) is 0 Å². The number of pyridine rings is 1. The molecule has 2 aromatic heterocycles. The quantitative estimate of drug-likeness (QED) is 0.838. The predicted octanol–water partition coefficient (Wildman–Crippen LogP) is 1.53. The number of aliphatic hydroxyl groups is 1. The van der Waals surface area contributed by atoms with E-state index in [1.54, 1.807) is 36.5 Å². The molecule has 1 atom stereocenters. The summed E-state index contributed by atoms with van der Waals surface area (Å²) in [6, 6.07) is 8.55. The molecular formula is C13H14N2O3. The van der Waals surface area contributed by atoms with E-state index in [2.05, 4.69) is 10.3 Å². The fraction of sp³-hybridized carbons (Fsp3) is 0.231. The zero-order valence-electron chi connectivity index (χ0n) is 9.74. The molecule has 18 heavy (non-hydrogen) atoms. The molecule has 1 amide bonds. The number of rotatable bonds is 5. The topological polar surface area (TPSA) is 75.4 Å². The second kappa shape index (κ2) is 5.97. The summed E-state index contributed by atoms with van der Waals surface area (Å²) in [6.07, 6.45) is 2.76. The number of carbonyl (C=O) groups is 1. The molecule has 0 fully saturated rings. The second-order valence-corrected chi connectivity index (χ2v) is 3.79. The van der Waals surface area contributed by atoms with E-state index < -0.39 is 6.10 Å². The van der Waals surface area contributed by atoms with E-state index in [1.165, 1.54) is 6.26 Å². The summed E-state index contributed by atoms with van der Waals surface area (Å²) in [7, 11) is 0. The SMILES string of the molecule is O=C(NCCC(O)c1ccco1)c1ccccn1. The first-order chi connectivity index (χ1) is 8.77. The monoisotopic (exact) mass is 246 g/mol. The molecule has 2 aromatic rings. The zero-order chi connectivity index (χ0) is 12.8. The summed E-state index contributed by atoms with van der Waals surface area (Å²) in [4.78, 5) is 15.6. The lowest BCUT2D eigenvalue weighted by atomic mass is 10.2. The van der Waals surface area contributed by atoms with Gasteiger partial charge in [-0.05, 0) is 30.7 Å². The first kappa shape index (κ1) is 12.3. The molecule has 2 rings (SSSR count). The Morgan fingerprint density at radius 1 is 1.39 bits per heavy atom. The fourth-order valence-corrected chi connectivity index (χ4v) is 1.53. The molecule has 0 aromatic carbocycles. The highest BCUT2D eigenvalue weighted by Crippen LogP contribution is 2.15. The number of hydrogen-bond donors (Lipinski definition) is 2. The number of nitrogens with one attached hydrogen (secondary N) is 1. The van der Waals surface area contributed by atoms with Gasteiger partial charge in [-0.2, -0.15) is 0 Å². The molecule has 5 heteroatoms. The van der Waals surface area contributed by atoms with Crippen LogP contribution in [0.5, 0.6) is 0 Å². The first-order valence-corrected chi connectivity index (χ1v) is 5.68. The average Bonchev–Trinajstić information content (AvgIpc) is 2.93. The Balaban J connectivity index is 1.77. The molecule has 0 spiro atoms. The molecule has 0 saturated heterocycles. The van der Waals surface area contributed by atoms with Crippen molar-refractivity contribution in [2.45, 2.75) is 12.5 Å². The lowest BCUT2D eigenvalue weighted by molar-refractivity contribution is 0.0931. The summed E-state index contributed by atoms with van der Waals surface area (Å²) < 4.78 is 5.06. The van der Waals surface area contributed by atoms with E-state index >= 15 is 0 Å². The fourth-order valence-electron chi connectivity index (χ4n) is 1.53. The maximum Gasteiger partial charge on any atom is 0.269 e. The Hall–Kier alpha value is -2.14. The summed E-state index contributed by atoms with van der Waals surface area (Å²) in [5.41, 5.74) is 0.366. The van der Waals surface area contributed by atoms with Crippen LogP contribution in [0.15, 0.2) is 47.2 Å². The number of aliphatic hydroxyl groups excluding tert-OH is 1. The molecule has 2 N–H and O–H groups in total. The normalized spacial score (nSPS) is 12.1. The Labute approximate surface area is 104 Å². The van der Waals surface area contributed by atoms with Gasteiger partial charge in [-0.3, -0.25) is 9.78 Å². The lowest BCUT2D eigenvalue weighted by Crippen LogP contribution is -2.26. The molecule has 0 bridgehead atoms. The van der Waals surface area contributed by atoms with Crippen molar-refractivity contribution in [3.63, 3.8) is 0 Å². The minimum absolute atomic E-state index is 0.248. The molecule has 5 nitrogen and oxygen atoms in total. The van der Waals surface area contributed by atoms with Gasteiger partial charge in [0, 0.05) is 12.7 Å². The van der Waals surface area contributed by atoms with E-state index in [0.717, 1.165) is 0 Å². The van der Waals surface area contributed by atoms with Crippen molar-refractivity contribution in [2.24, 2.45) is 0 Å². The highest BCUT2D eigenvalue weighted by Gasteiger charge is 2.11. The number of nitrogens with zero attached hydrogens (tertiary/aromatic N) is 1. The van der Waals surface area contributed by atoms with Crippen LogP contribution < -0.4 is 5.32 Å². The standard InChI is InChI=1S/C13H14N2O3/c16-11(12-5-3-9-18-12)6-8-15-13(17)10-4-1-2-7-14-10/h1-5,7,9,11,16H,6,8H2,(H,15,17). The van der Waals surface area contributed by atoms with Gasteiger partial charge in [-0.15, -0.1) is 0 Å². The Bertz CT molecular complexity index is 482. The van der Waals surface area contributed by atoms with Crippen LogP contribution in [-0.4, -0.2) is 22.5 Å². The van der Waals surface area contributed by atoms with Crippen molar-refractivity contribution in [1.82, 2.24) is 10.3 Å². The van der Waals surface area contributed by atoms with Crippen LogP contribution in [-0.2, 0) is 0 Å². The van der Waals surface area contributed by atoms with Gasteiger partial charge in [-0.1, -0.05) is 6.07 Å². The van der Waals surface area contributed by atoms with Crippen LogP contribution in [0.2, 0.25) is 0 Å². The second-order valence-electron chi connectivity index (χ2n) is 3.79. The number of carbonyl (C=O) groups excluding carboxylic acids is 1. The molecule has 0 aliphatic heterocycles. The number of hydrogen-bond acceptors (Lipinski definition) is 4. The first-order valence-electron chi connectivity index (χ1n) is 5.68. The van der Waals surface area contributed by atoms with Crippen LogP contribution in [0.25, 0.3) is 0 Å². The van der Waals surface area contributed by atoms with Gasteiger partial charge in [0.15, 0.2) is 0 Å². The van der Waals surface area contributed by atoms with Gasteiger partial charge in [0.25, 0.3) is 5.91 Å². The van der Waals surface area contributed by atoms with E-state index in [0.29, 0.717) is 24.4 Å². The van der Waals surface area contributed by atoms with Gasteiger partial charge in [0.1, 0.15) is 17.6 Å². The van der Waals surface area contributed by atoms with Crippen molar-refractivity contribution in [1.29, 1.82) is 0 Å². The molecule has 1 unspecified atom stereocenters. The molecule has 0 radical (unpaired) electrons. The van der Waals surface area contributed by atoms with Crippen LogP contribution in [0, 0.1) is 0 Å². The molecule has 0 aliphatic rings. The number of amides is 1. The third-order valence-corrected chi connectivity index (χ3v) is 2.47. The van der Waals surface area contributed by atoms with Crippen LogP contribution in [0.4, 0.5) is 0 Å². The number of aromatic nitrogens is 1. The van der Waals surface area contributed by atoms with Crippen LogP contribution in [0.3, 0.4) is 0 Å². The van der Waals surface area contributed by atoms with Gasteiger partial charge in [0.2, 0.25) is 0 Å². The molecule has 2 heterocycles. The van der Waals surface area contributed by atoms with Crippen molar-refractivity contribution >= 4 is 5.91 Å². The van der Waals surface area contributed by atoms with E-state index in [-0.39, 0.29) is 5.91 Å². The van der Waals surface area contributed by atoms with Crippen molar-refractivity contribution in [2.75, 3.05) is 6.54 Å². The number of furan rings is 1. The molecule has 94 valence electrons. The van der Waals surface area contributed by atoms with Gasteiger partial charge in [0.05, 0.1) is 6.26 Å².